The van der Waals surface area contributed by atoms with Crippen molar-refractivity contribution < 1.29 is 19.4 Å². The Morgan fingerprint density at radius 2 is 1.94 bits per heavy atom. The van der Waals surface area contributed by atoms with Gasteiger partial charge in [0.05, 0.1) is 24.4 Å². The van der Waals surface area contributed by atoms with Gasteiger partial charge < -0.3 is 31.5 Å². The third-order valence-corrected chi connectivity index (χ3v) is 5.99. The van der Waals surface area contributed by atoms with E-state index >= 15 is 0 Å². The lowest BCUT2D eigenvalue weighted by atomic mass is 10.0. The molecule has 1 aliphatic rings. The quantitative estimate of drug-likeness (QED) is 0.329. The Hall–Kier alpha value is -4.21. The summed E-state index contributed by atoms with van der Waals surface area (Å²) in [5.41, 5.74) is 9.73. The highest BCUT2D eigenvalue weighted by Crippen LogP contribution is 2.29. The minimum Gasteiger partial charge on any atom is -0.481 e. The molecule has 2 unspecified atom stereocenters. The van der Waals surface area contributed by atoms with Crippen molar-refractivity contribution in [1.29, 1.82) is 0 Å². The minimum absolute atomic E-state index is 0.121. The molecule has 9 heteroatoms. The number of nitrogens with zero attached hydrogens (tertiary/aromatic N) is 1. The Morgan fingerprint density at radius 3 is 2.67 bits per heavy atom. The molecule has 1 aliphatic heterocycles. The van der Waals surface area contributed by atoms with E-state index in [-0.39, 0.29) is 17.5 Å². The summed E-state index contributed by atoms with van der Waals surface area (Å²) < 4.78 is 5.10. The van der Waals surface area contributed by atoms with Crippen LogP contribution in [0.4, 0.5) is 11.4 Å². The Bertz CT molecular complexity index is 1290. The van der Waals surface area contributed by atoms with E-state index in [2.05, 4.69) is 20.9 Å². The predicted molar refractivity (Wildman–Crippen MR) is 139 cm³/mol. The molecule has 2 atom stereocenters. The number of hydrogen-bond donors (Lipinski definition) is 5. The first kappa shape index (κ1) is 24.9. The average molecular weight is 488 g/mol. The number of methoxy groups -OCH3 is 1. The van der Waals surface area contributed by atoms with E-state index in [1.165, 1.54) is 7.11 Å². The van der Waals surface area contributed by atoms with Crippen molar-refractivity contribution in [3.63, 3.8) is 0 Å². The van der Waals surface area contributed by atoms with Gasteiger partial charge >= 0.3 is 0 Å². The standard InChI is InChI=1S/C27H29N5O4/c1-16-8-9-18(25(33)30-21(10-11-28)17-6-4-3-5-7-17)13-22(16)31-26(34)20-12-19-15-29-24(36-2)14-23(19)32-27(20)35/h3-9,12-15,21,27,32,35H,10-11,28H2,1-2H3,(H,30,33)(H,31,34). The largest absolute Gasteiger partial charge is 0.481 e. The van der Waals surface area contributed by atoms with Gasteiger partial charge in [-0.2, -0.15) is 0 Å². The summed E-state index contributed by atoms with van der Waals surface area (Å²) >= 11 is 0. The molecule has 0 fully saturated rings. The van der Waals surface area contributed by atoms with Crippen molar-refractivity contribution >= 4 is 29.3 Å². The number of fused-ring (bicyclic) bond motifs is 1. The van der Waals surface area contributed by atoms with E-state index in [1.807, 2.05) is 37.3 Å². The zero-order chi connectivity index (χ0) is 25.7. The number of hydrogen-bond acceptors (Lipinski definition) is 7. The van der Waals surface area contributed by atoms with Gasteiger partial charge in [-0.25, -0.2) is 4.98 Å². The summed E-state index contributed by atoms with van der Waals surface area (Å²) in [6, 6.07) is 16.1. The molecule has 6 N–H and O–H groups in total. The highest BCUT2D eigenvalue weighted by atomic mass is 16.5. The van der Waals surface area contributed by atoms with Gasteiger partial charge in [0.25, 0.3) is 11.8 Å². The van der Waals surface area contributed by atoms with Crippen molar-refractivity contribution in [3.8, 4) is 5.88 Å². The van der Waals surface area contributed by atoms with Crippen molar-refractivity contribution in [3.05, 3.63) is 88.6 Å². The molecular formula is C27H29N5O4. The number of amides is 2. The van der Waals surface area contributed by atoms with Crippen LogP contribution >= 0.6 is 0 Å². The van der Waals surface area contributed by atoms with Gasteiger partial charge in [0.1, 0.15) is 0 Å². The van der Waals surface area contributed by atoms with Crippen LogP contribution in [0, 0.1) is 6.92 Å². The lowest BCUT2D eigenvalue weighted by Crippen LogP contribution is -2.32. The number of ether oxygens (including phenoxy) is 1. The van der Waals surface area contributed by atoms with E-state index < -0.39 is 12.1 Å². The maximum atomic E-state index is 13.1. The van der Waals surface area contributed by atoms with Crippen LogP contribution in [-0.2, 0) is 4.79 Å². The molecule has 0 spiro atoms. The van der Waals surface area contributed by atoms with Gasteiger partial charge in [0.15, 0.2) is 6.23 Å². The Morgan fingerprint density at radius 1 is 1.17 bits per heavy atom. The zero-order valence-electron chi connectivity index (χ0n) is 20.1. The fourth-order valence-corrected chi connectivity index (χ4v) is 3.97. The van der Waals surface area contributed by atoms with E-state index in [1.54, 1.807) is 36.5 Å². The van der Waals surface area contributed by atoms with Crippen LogP contribution in [0.2, 0.25) is 0 Å². The summed E-state index contributed by atoms with van der Waals surface area (Å²) in [4.78, 5) is 30.3. The summed E-state index contributed by atoms with van der Waals surface area (Å²) in [5.74, 6) is -0.385. The molecule has 2 aromatic carbocycles. The monoisotopic (exact) mass is 487 g/mol. The maximum absolute atomic E-state index is 13.1. The first-order chi connectivity index (χ1) is 17.4. The maximum Gasteiger partial charge on any atom is 0.256 e. The number of aliphatic hydroxyl groups is 1. The van der Waals surface area contributed by atoms with Gasteiger partial charge in [0.2, 0.25) is 5.88 Å². The zero-order valence-corrected chi connectivity index (χ0v) is 20.1. The number of pyridine rings is 1. The van der Waals surface area contributed by atoms with Crippen LogP contribution in [-0.4, -0.2) is 41.8 Å². The lowest BCUT2D eigenvalue weighted by Gasteiger charge is -2.24. The van der Waals surface area contributed by atoms with E-state index in [0.29, 0.717) is 41.3 Å². The fraction of sp³-hybridized carbons (Fsp3) is 0.222. The normalized spacial score (nSPS) is 15.1. The number of anilines is 2. The van der Waals surface area contributed by atoms with Crippen LogP contribution in [0.3, 0.4) is 0 Å². The molecular weight excluding hydrogens is 458 g/mol. The molecule has 0 saturated heterocycles. The van der Waals surface area contributed by atoms with Gasteiger partial charge in [-0.1, -0.05) is 36.4 Å². The second-order valence-corrected chi connectivity index (χ2v) is 8.46. The van der Waals surface area contributed by atoms with Crippen LogP contribution < -0.4 is 26.4 Å². The van der Waals surface area contributed by atoms with Crippen molar-refractivity contribution in [1.82, 2.24) is 10.3 Å². The van der Waals surface area contributed by atoms with E-state index in [9.17, 15) is 14.7 Å². The van der Waals surface area contributed by atoms with Crippen LogP contribution in [0.1, 0.15) is 39.5 Å². The van der Waals surface area contributed by atoms with E-state index in [4.69, 9.17) is 10.5 Å². The Balaban J connectivity index is 1.52. The van der Waals surface area contributed by atoms with Crippen LogP contribution in [0.25, 0.3) is 6.08 Å². The average Bonchev–Trinajstić information content (AvgIpc) is 2.89. The molecule has 3 aromatic rings. The smallest absolute Gasteiger partial charge is 0.256 e. The van der Waals surface area contributed by atoms with Gasteiger partial charge in [-0.05, 0) is 49.2 Å². The highest BCUT2D eigenvalue weighted by molar-refractivity contribution is 6.09. The van der Waals surface area contributed by atoms with Crippen molar-refractivity contribution in [2.45, 2.75) is 25.6 Å². The Labute approximate surface area is 209 Å². The number of nitrogens with two attached hydrogens (primary N) is 1. The highest BCUT2D eigenvalue weighted by Gasteiger charge is 2.25. The number of rotatable bonds is 8. The third-order valence-electron chi connectivity index (χ3n) is 5.99. The molecule has 0 bridgehead atoms. The molecule has 186 valence electrons. The van der Waals surface area contributed by atoms with Crippen LogP contribution in [0.15, 0.2) is 66.4 Å². The van der Waals surface area contributed by atoms with Crippen LogP contribution in [0.5, 0.6) is 5.88 Å². The van der Waals surface area contributed by atoms with Crippen molar-refractivity contribution in [2.24, 2.45) is 5.73 Å². The molecule has 36 heavy (non-hydrogen) atoms. The fourth-order valence-electron chi connectivity index (χ4n) is 3.97. The summed E-state index contributed by atoms with van der Waals surface area (Å²) in [7, 11) is 1.50. The van der Waals surface area contributed by atoms with Gasteiger partial charge in [-0.15, -0.1) is 0 Å². The molecule has 2 heterocycles. The molecule has 0 saturated carbocycles. The molecule has 0 aliphatic carbocycles. The summed E-state index contributed by atoms with van der Waals surface area (Å²) in [5, 5.41) is 19.2. The predicted octanol–water partition coefficient (Wildman–Crippen LogP) is 2.98. The van der Waals surface area contributed by atoms with Gasteiger partial charge in [-0.3, -0.25) is 9.59 Å². The summed E-state index contributed by atoms with van der Waals surface area (Å²) in [6.07, 6.45) is 2.49. The minimum atomic E-state index is -1.22. The number of aryl methyl sites for hydroxylation is 1. The van der Waals surface area contributed by atoms with Gasteiger partial charge in [0, 0.05) is 29.1 Å². The van der Waals surface area contributed by atoms with E-state index in [0.717, 1.165) is 11.1 Å². The first-order valence-electron chi connectivity index (χ1n) is 11.6. The lowest BCUT2D eigenvalue weighted by molar-refractivity contribution is -0.113. The number of aliphatic hydroxyl groups excluding tert-OH is 1. The second-order valence-electron chi connectivity index (χ2n) is 8.46. The second kappa shape index (κ2) is 11.0. The molecule has 2 amide bonds. The topological polar surface area (TPSA) is 139 Å². The first-order valence-corrected chi connectivity index (χ1v) is 11.6. The molecule has 4 rings (SSSR count). The number of aromatic nitrogens is 1. The Kier molecular flexibility index (Phi) is 7.62. The SMILES string of the molecule is COc1cc2c(cn1)C=C(C(=O)Nc1cc(C(=O)NC(CCN)c3ccccc3)ccc1C)C(O)N2. The number of benzene rings is 2. The third kappa shape index (κ3) is 5.54. The number of carbonyl (C=O) groups is 2. The molecule has 9 nitrogen and oxygen atoms in total. The number of nitrogens with one attached hydrogen (secondary N) is 3. The number of carbonyl (C=O) groups excluding carboxylic acids is 2. The molecule has 0 radical (unpaired) electrons. The summed E-state index contributed by atoms with van der Waals surface area (Å²) in [6.45, 7) is 2.25. The molecule has 1 aromatic heterocycles. The van der Waals surface area contributed by atoms with Crippen molar-refractivity contribution in [2.75, 3.05) is 24.3 Å².